The average molecular weight is 177 g/mol. The molecule has 0 saturated carbocycles. The van der Waals surface area contributed by atoms with Crippen LogP contribution in [-0.2, 0) is 6.42 Å². The van der Waals surface area contributed by atoms with E-state index in [1.807, 2.05) is 25.4 Å². The normalized spacial score (nSPS) is 10.8. The summed E-state index contributed by atoms with van der Waals surface area (Å²) in [5, 5.41) is 14.5. The molecule has 0 aliphatic carbocycles. The molecule has 68 valence electrons. The number of fused-ring (bicyclic) bond motifs is 1. The predicted octanol–water partition coefficient (Wildman–Crippen LogP) is -0.114. The largest absolute Gasteiger partial charge is 0.319 e. The van der Waals surface area contributed by atoms with Crippen molar-refractivity contribution in [2.45, 2.75) is 6.42 Å². The van der Waals surface area contributed by atoms with Crippen molar-refractivity contribution >= 4 is 5.65 Å². The standard InChI is InChI=1S/C8H11N5/c1-9-5-4-7-3-2-6-13-8(7)10-11-12-13/h2-3,6,9H,4-5H2,1H3. The second-order valence-electron chi connectivity index (χ2n) is 2.83. The zero-order valence-corrected chi connectivity index (χ0v) is 7.44. The fourth-order valence-corrected chi connectivity index (χ4v) is 1.28. The van der Waals surface area contributed by atoms with Gasteiger partial charge in [0, 0.05) is 11.8 Å². The zero-order valence-electron chi connectivity index (χ0n) is 7.44. The highest BCUT2D eigenvalue weighted by Gasteiger charge is 2.02. The Bertz CT molecular complexity index is 394. The van der Waals surface area contributed by atoms with Gasteiger partial charge in [-0.25, -0.2) is 4.52 Å². The van der Waals surface area contributed by atoms with Gasteiger partial charge in [-0.3, -0.25) is 0 Å². The molecule has 0 aromatic carbocycles. The monoisotopic (exact) mass is 177 g/mol. The van der Waals surface area contributed by atoms with E-state index in [1.54, 1.807) is 4.52 Å². The number of hydrogen-bond donors (Lipinski definition) is 1. The van der Waals surface area contributed by atoms with Crippen molar-refractivity contribution in [1.82, 2.24) is 25.4 Å². The maximum absolute atomic E-state index is 3.95. The van der Waals surface area contributed by atoms with Crippen LogP contribution in [0.25, 0.3) is 5.65 Å². The number of aromatic nitrogens is 4. The van der Waals surface area contributed by atoms with E-state index >= 15 is 0 Å². The molecular weight excluding hydrogens is 166 g/mol. The van der Waals surface area contributed by atoms with Crippen molar-refractivity contribution in [2.75, 3.05) is 13.6 Å². The van der Waals surface area contributed by atoms with Crippen molar-refractivity contribution in [3.05, 3.63) is 23.9 Å². The lowest BCUT2D eigenvalue weighted by molar-refractivity contribution is 0.787. The third-order valence-corrected chi connectivity index (χ3v) is 1.95. The number of tetrazole rings is 1. The fraction of sp³-hybridized carbons (Fsp3) is 0.375. The summed E-state index contributed by atoms with van der Waals surface area (Å²) in [5.74, 6) is 0. The van der Waals surface area contributed by atoms with E-state index in [4.69, 9.17) is 0 Å². The Morgan fingerprint density at radius 2 is 2.46 bits per heavy atom. The molecule has 0 spiro atoms. The van der Waals surface area contributed by atoms with Gasteiger partial charge in [-0.05, 0) is 36.5 Å². The summed E-state index contributed by atoms with van der Waals surface area (Å²) in [4.78, 5) is 0. The Kier molecular flexibility index (Phi) is 2.18. The second kappa shape index (κ2) is 3.49. The van der Waals surface area contributed by atoms with Crippen LogP contribution in [0.15, 0.2) is 18.3 Å². The molecule has 2 rings (SSSR count). The molecule has 0 radical (unpaired) electrons. The smallest absolute Gasteiger partial charge is 0.182 e. The Morgan fingerprint density at radius 1 is 1.54 bits per heavy atom. The lowest BCUT2D eigenvalue weighted by Gasteiger charge is -2.00. The van der Waals surface area contributed by atoms with Crippen molar-refractivity contribution in [2.24, 2.45) is 0 Å². The maximum Gasteiger partial charge on any atom is 0.182 e. The highest BCUT2D eigenvalue weighted by molar-refractivity contribution is 5.45. The number of pyridine rings is 1. The summed E-state index contributed by atoms with van der Waals surface area (Å²) in [7, 11) is 1.93. The van der Waals surface area contributed by atoms with Crippen molar-refractivity contribution < 1.29 is 0 Å². The minimum absolute atomic E-state index is 0.845. The minimum Gasteiger partial charge on any atom is -0.319 e. The fourth-order valence-electron chi connectivity index (χ4n) is 1.28. The molecule has 2 heterocycles. The van der Waals surface area contributed by atoms with E-state index in [0.29, 0.717) is 0 Å². The molecule has 5 nitrogen and oxygen atoms in total. The number of likely N-dealkylation sites (N-methyl/N-ethyl adjacent to an activating group) is 1. The molecule has 0 saturated heterocycles. The average Bonchev–Trinajstić information content (AvgIpc) is 2.62. The van der Waals surface area contributed by atoms with Gasteiger partial charge >= 0.3 is 0 Å². The first kappa shape index (κ1) is 8.12. The summed E-state index contributed by atoms with van der Waals surface area (Å²) in [6.45, 7) is 0.937. The van der Waals surface area contributed by atoms with E-state index in [0.717, 1.165) is 18.6 Å². The van der Waals surface area contributed by atoms with Gasteiger partial charge in [0.1, 0.15) is 0 Å². The number of nitrogens with zero attached hydrogens (tertiary/aromatic N) is 4. The number of nitrogens with one attached hydrogen (secondary N) is 1. The number of hydrogen-bond acceptors (Lipinski definition) is 4. The van der Waals surface area contributed by atoms with Gasteiger partial charge in [0.2, 0.25) is 0 Å². The number of rotatable bonds is 3. The lowest BCUT2D eigenvalue weighted by Crippen LogP contribution is -2.11. The van der Waals surface area contributed by atoms with E-state index in [2.05, 4.69) is 20.8 Å². The van der Waals surface area contributed by atoms with E-state index < -0.39 is 0 Å². The van der Waals surface area contributed by atoms with Crippen LogP contribution in [0.3, 0.4) is 0 Å². The molecule has 0 amide bonds. The molecule has 5 heteroatoms. The van der Waals surface area contributed by atoms with Gasteiger partial charge in [0.05, 0.1) is 0 Å². The summed E-state index contributed by atoms with van der Waals surface area (Å²) >= 11 is 0. The Balaban J connectivity index is 2.37. The second-order valence-corrected chi connectivity index (χ2v) is 2.83. The predicted molar refractivity (Wildman–Crippen MR) is 48.4 cm³/mol. The van der Waals surface area contributed by atoms with Crippen molar-refractivity contribution in [1.29, 1.82) is 0 Å². The van der Waals surface area contributed by atoms with Gasteiger partial charge in [0.25, 0.3) is 0 Å². The molecule has 2 aromatic heterocycles. The van der Waals surface area contributed by atoms with Crippen LogP contribution in [0.5, 0.6) is 0 Å². The summed E-state index contributed by atoms with van der Waals surface area (Å²) in [6, 6.07) is 4.00. The molecular formula is C8H11N5. The SMILES string of the molecule is CNCCc1cccn2nnnc12. The maximum atomic E-state index is 3.95. The Hall–Kier alpha value is -1.49. The van der Waals surface area contributed by atoms with Crippen LogP contribution < -0.4 is 5.32 Å². The lowest BCUT2D eigenvalue weighted by atomic mass is 10.2. The van der Waals surface area contributed by atoms with Crippen LogP contribution >= 0.6 is 0 Å². The van der Waals surface area contributed by atoms with Crippen LogP contribution in [0.1, 0.15) is 5.56 Å². The highest BCUT2D eigenvalue weighted by atomic mass is 15.5. The molecule has 13 heavy (non-hydrogen) atoms. The van der Waals surface area contributed by atoms with Crippen molar-refractivity contribution in [3.63, 3.8) is 0 Å². The van der Waals surface area contributed by atoms with Gasteiger partial charge in [-0.2, -0.15) is 0 Å². The Morgan fingerprint density at radius 3 is 3.31 bits per heavy atom. The Labute approximate surface area is 75.8 Å². The van der Waals surface area contributed by atoms with Crippen LogP contribution in [0, 0.1) is 0 Å². The summed E-state index contributed by atoms with van der Waals surface area (Å²) in [6.07, 6.45) is 2.79. The molecule has 2 aromatic rings. The molecule has 1 N–H and O–H groups in total. The van der Waals surface area contributed by atoms with Gasteiger partial charge in [-0.15, -0.1) is 5.10 Å². The van der Waals surface area contributed by atoms with Crippen molar-refractivity contribution in [3.8, 4) is 0 Å². The van der Waals surface area contributed by atoms with Gasteiger partial charge < -0.3 is 5.32 Å². The molecule has 0 aliphatic heterocycles. The molecule has 0 aliphatic rings. The molecule has 0 fully saturated rings. The first-order valence-corrected chi connectivity index (χ1v) is 4.22. The first-order valence-electron chi connectivity index (χ1n) is 4.22. The van der Waals surface area contributed by atoms with E-state index in [1.165, 1.54) is 5.56 Å². The molecule has 0 unspecified atom stereocenters. The van der Waals surface area contributed by atoms with Gasteiger partial charge in [-0.1, -0.05) is 6.07 Å². The topological polar surface area (TPSA) is 55.1 Å². The van der Waals surface area contributed by atoms with Crippen LogP contribution in [0.4, 0.5) is 0 Å². The molecule has 0 atom stereocenters. The summed E-state index contributed by atoms with van der Waals surface area (Å²) < 4.78 is 1.69. The van der Waals surface area contributed by atoms with Crippen LogP contribution in [0.2, 0.25) is 0 Å². The zero-order chi connectivity index (χ0) is 9.10. The third-order valence-electron chi connectivity index (χ3n) is 1.95. The highest BCUT2D eigenvalue weighted by Crippen LogP contribution is 2.05. The van der Waals surface area contributed by atoms with E-state index in [9.17, 15) is 0 Å². The third kappa shape index (κ3) is 1.50. The first-order chi connectivity index (χ1) is 6.42. The quantitative estimate of drug-likeness (QED) is 0.710. The minimum atomic E-state index is 0.845. The van der Waals surface area contributed by atoms with Crippen LogP contribution in [-0.4, -0.2) is 33.6 Å². The summed E-state index contributed by atoms with van der Waals surface area (Å²) in [5.41, 5.74) is 2.01. The molecule has 0 bridgehead atoms. The van der Waals surface area contributed by atoms with Gasteiger partial charge in [0.15, 0.2) is 5.65 Å². The van der Waals surface area contributed by atoms with E-state index in [-0.39, 0.29) is 0 Å².